The van der Waals surface area contributed by atoms with Crippen molar-refractivity contribution < 1.29 is 9.53 Å². The molecule has 2 aromatic carbocycles. The molecule has 132 valence electrons. The fourth-order valence-electron chi connectivity index (χ4n) is 2.72. The average Bonchev–Trinajstić information content (AvgIpc) is 3.06. The van der Waals surface area contributed by atoms with E-state index < -0.39 is 0 Å². The molecule has 0 bridgehead atoms. The number of nitrogens with one attached hydrogen (secondary N) is 1. The van der Waals surface area contributed by atoms with Crippen molar-refractivity contribution in [3.8, 4) is 5.75 Å². The Morgan fingerprint density at radius 2 is 1.84 bits per heavy atom. The summed E-state index contributed by atoms with van der Waals surface area (Å²) in [4.78, 5) is 14.1. The van der Waals surface area contributed by atoms with Gasteiger partial charge >= 0.3 is 0 Å². The zero-order valence-corrected chi connectivity index (χ0v) is 15.6. The molecule has 0 aromatic heterocycles. The van der Waals surface area contributed by atoms with Crippen LogP contribution in [0.1, 0.15) is 6.42 Å². The zero-order chi connectivity index (χ0) is 17.8. The molecule has 1 N–H and O–H groups in total. The van der Waals surface area contributed by atoms with Gasteiger partial charge in [-0.05, 0) is 24.6 Å². The highest BCUT2D eigenvalue weighted by atomic mass is 35.5. The van der Waals surface area contributed by atoms with Gasteiger partial charge in [-0.1, -0.05) is 53.0 Å². The summed E-state index contributed by atoms with van der Waals surface area (Å²) < 4.78 is 5.51. The van der Waals surface area contributed by atoms with Crippen molar-refractivity contribution in [2.75, 3.05) is 25.0 Å². The first kappa shape index (κ1) is 18.2. The minimum Gasteiger partial charge on any atom is -0.482 e. The van der Waals surface area contributed by atoms with Crippen molar-refractivity contribution in [3.63, 3.8) is 0 Å². The lowest BCUT2D eigenvalue weighted by atomic mass is 10.2. The summed E-state index contributed by atoms with van der Waals surface area (Å²) in [5.41, 5.74) is 1.06. The van der Waals surface area contributed by atoms with E-state index in [1.54, 1.807) is 4.90 Å². The predicted molar refractivity (Wildman–Crippen MR) is 102 cm³/mol. The third kappa shape index (κ3) is 4.72. The second-order valence-corrected chi connectivity index (χ2v) is 7.04. The Bertz CT molecular complexity index is 755. The van der Waals surface area contributed by atoms with Crippen molar-refractivity contribution >= 4 is 46.4 Å². The van der Waals surface area contributed by atoms with Crippen LogP contribution in [0.25, 0.3) is 0 Å². The Morgan fingerprint density at radius 3 is 2.60 bits per heavy atom. The van der Waals surface area contributed by atoms with Gasteiger partial charge in [0.2, 0.25) is 0 Å². The minimum atomic E-state index is -0.0876. The van der Waals surface area contributed by atoms with Gasteiger partial charge in [0.05, 0.1) is 15.1 Å². The molecule has 0 spiro atoms. The lowest BCUT2D eigenvalue weighted by Crippen LogP contribution is -2.35. The Hall–Kier alpha value is -1.62. The summed E-state index contributed by atoms with van der Waals surface area (Å²) in [6, 6.07) is 13.2. The quantitative estimate of drug-likeness (QED) is 0.738. The van der Waals surface area contributed by atoms with E-state index in [1.165, 1.54) is 12.1 Å². The van der Waals surface area contributed by atoms with Crippen LogP contribution < -0.4 is 10.1 Å². The highest BCUT2D eigenvalue weighted by molar-refractivity contribution is 6.43. The number of likely N-dealkylation sites (tertiary alicyclic amines) is 1. The summed E-state index contributed by atoms with van der Waals surface area (Å²) in [6.07, 6.45) is 0.897. The van der Waals surface area contributed by atoms with Crippen LogP contribution in [0, 0.1) is 0 Å². The molecule has 3 rings (SSSR count). The number of rotatable bonds is 5. The third-order valence-corrected chi connectivity index (χ3v) is 5.03. The van der Waals surface area contributed by atoms with Crippen molar-refractivity contribution in [1.82, 2.24) is 4.90 Å². The minimum absolute atomic E-state index is 0.0838. The lowest BCUT2D eigenvalue weighted by Gasteiger charge is -2.18. The first-order valence-electron chi connectivity index (χ1n) is 7.89. The van der Waals surface area contributed by atoms with E-state index in [9.17, 15) is 4.79 Å². The van der Waals surface area contributed by atoms with Gasteiger partial charge in [-0.2, -0.15) is 0 Å². The van der Waals surface area contributed by atoms with Crippen LogP contribution in [0.15, 0.2) is 42.5 Å². The van der Waals surface area contributed by atoms with Gasteiger partial charge in [-0.3, -0.25) is 4.79 Å². The molecule has 1 atom stereocenters. The SMILES string of the molecule is O=C(COc1cc(Cl)c(Cl)cc1Cl)N1CCC(Nc2ccccc2)C1. The second-order valence-electron chi connectivity index (χ2n) is 5.82. The van der Waals surface area contributed by atoms with E-state index in [0.717, 1.165) is 12.1 Å². The van der Waals surface area contributed by atoms with Crippen LogP contribution in [-0.2, 0) is 4.79 Å². The van der Waals surface area contributed by atoms with Crippen LogP contribution in [0.2, 0.25) is 15.1 Å². The molecule has 1 unspecified atom stereocenters. The van der Waals surface area contributed by atoms with Crippen LogP contribution in [0.3, 0.4) is 0 Å². The van der Waals surface area contributed by atoms with Gasteiger partial charge < -0.3 is 15.0 Å². The number of carbonyl (C=O) groups excluding carboxylic acids is 1. The van der Waals surface area contributed by atoms with Crippen LogP contribution in [0.4, 0.5) is 5.69 Å². The molecule has 7 heteroatoms. The molecule has 4 nitrogen and oxygen atoms in total. The van der Waals surface area contributed by atoms with Gasteiger partial charge in [0.25, 0.3) is 5.91 Å². The first-order chi connectivity index (χ1) is 12.0. The summed E-state index contributed by atoms with van der Waals surface area (Å²) in [5.74, 6) is 0.266. The fraction of sp³-hybridized carbons (Fsp3) is 0.278. The normalized spacial score (nSPS) is 16.8. The Balaban J connectivity index is 1.52. The number of amides is 1. The largest absolute Gasteiger partial charge is 0.482 e. The van der Waals surface area contributed by atoms with Gasteiger partial charge in [0.1, 0.15) is 5.75 Å². The monoisotopic (exact) mass is 398 g/mol. The summed E-state index contributed by atoms with van der Waals surface area (Å²) in [5, 5.41) is 4.44. The third-order valence-electron chi connectivity index (χ3n) is 4.01. The average molecular weight is 400 g/mol. The maximum atomic E-state index is 12.4. The molecular formula is C18H17Cl3N2O2. The maximum Gasteiger partial charge on any atom is 0.260 e. The zero-order valence-electron chi connectivity index (χ0n) is 13.3. The maximum absolute atomic E-state index is 12.4. The molecule has 1 fully saturated rings. The highest BCUT2D eigenvalue weighted by Crippen LogP contribution is 2.33. The Labute approximate surface area is 161 Å². The number of benzene rings is 2. The number of halogens is 3. The molecular weight excluding hydrogens is 383 g/mol. The molecule has 1 saturated heterocycles. The van der Waals surface area contributed by atoms with Gasteiger partial charge in [-0.25, -0.2) is 0 Å². The van der Waals surface area contributed by atoms with Gasteiger partial charge in [0, 0.05) is 30.9 Å². The van der Waals surface area contributed by atoms with Crippen LogP contribution in [0.5, 0.6) is 5.75 Å². The fourth-order valence-corrected chi connectivity index (χ4v) is 3.31. The molecule has 0 saturated carbocycles. The number of ether oxygens (including phenoxy) is 1. The number of hydrogen-bond acceptors (Lipinski definition) is 3. The molecule has 1 aliphatic rings. The van der Waals surface area contributed by atoms with E-state index in [4.69, 9.17) is 39.5 Å². The summed E-state index contributed by atoms with van der Waals surface area (Å²) in [6.45, 7) is 1.25. The number of para-hydroxylation sites is 1. The lowest BCUT2D eigenvalue weighted by molar-refractivity contribution is -0.132. The summed E-state index contributed by atoms with van der Waals surface area (Å²) >= 11 is 17.9. The van der Waals surface area contributed by atoms with E-state index >= 15 is 0 Å². The van der Waals surface area contributed by atoms with Crippen molar-refractivity contribution in [1.29, 1.82) is 0 Å². The van der Waals surface area contributed by atoms with E-state index in [2.05, 4.69) is 5.32 Å². The number of carbonyl (C=O) groups is 1. The molecule has 0 aliphatic carbocycles. The highest BCUT2D eigenvalue weighted by Gasteiger charge is 2.26. The molecule has 25 heavy (non-hydrogen) atoms. The summed E-state index contributed by atoms with van der Waals surface area (Å²) in [7, 11) is 0. The smallest absolute Gasteiger partial charge is 0.260 e. The Morgan fingerprint density at radius 1 is 1.12 bits per heavy atom. The van der Waals surface area contributed by atoms with Crippen molar-refractivity contribution in [3.05, 3.63) is 57.5 Å². The van der Waals surface area contributed by atoms with Gasteiger partial charge in [0.15, 0.2) is 6.61 Å². The Kier molecular flexibility index (Phi) is 5.94. The predicted octanol–water partition coefficient (Wildman–Crippen LogP) is 4.74. The number of anilines is 1. The first-order valence-corrected chi connectivity index (χ1v) is 9.03. The van der Waals surface area contributed by atoms with E-state index in [1.807, 2.05) is 30.3 Å². The number of hydrogen-bond donors (Lipinski definition) is 1. The second kappa shape index (κ2) is 8.17. The topological polar surface area (TPSA) is 41.6 Å². The molecule has 0 radical (unpaired) electrons. The van der Waals surface area contributed by atoms with Crippen molar-refractivity contribution in [2.45, 2.75) is 12.5 Å². The van der Waals surface area contributed by atoms with Crippen molar-refractivity contribution in [2.24, 2.45) is 0 Å². The number of nitrogens with zero attached hydrogens (tertiary/aromatic N) is 1. The molecule has 2 aromatic rings. The molecule has 1 heterocycles. The van der Waals surface area contributed by atoms with Crippen LogP contribution >= 0.6 is 34.8 Å². The standard InChI is InChI=1S/C18H17Cl3N2O2/c19-14-8-16(21)17(9-15(14)20)25-11-18(24)23-7-6-13(10-23)22-12-4-2-1-3-5-12/h1-5,8-9,13,22H,6-7,10-11H2. The molecule has 1 aliphatic heterocycles. The van der Waals surface area contributed by atoms with E-state index in [-0.39, 0.29) is 18.6 Å². The van der Waals surface area contributed by atoms with Gasteiger partial charge in [-0.15, -0.1) is 0 Å². The van der Waals surface area contributed by atoms with Crippen LogP contribution in [-0.4, -0.2) is 36.5 Å². The van der Waals surface area contributed by atoms with E-state index in [0.29, 0.717) is 33.9 Å². The molecule has 1 amide bonds.